The maximum absolute atomic E-state index is 3.78. The number of nitrogens with one attached hydrogen (secondary N) is 1. The van der Waals surface area contributed by atoms with Crippen LogP contribution >= 0.6 is 0 Å². The van der Waals surface area contributed by atoms with Gasteiger partial charge in [0.2, 0.25) is 0 Å². The lowest BCUT2D eigenvalue weighted by Gasteiger charge is -2.40. The third kappa shape index (κ3) is 3.16. The van der Waals surface area contributed by atoms with Crippen LogP contribution in [0.2, 0.25) is 0 Å². The van der Waals surface area contributed by atoms with Crippen LogP contribution in [0.25, 0.3) is 0 Å². The molecule has 1 saturated carbocycles. The first kappa shape index (κ1) is 13.9. The summed E-state index contributed by atoms with van der Waals surface area (Å²) >= 11 is 0. The summed E-state index contributed by atoms with van der Waals surface area (Å²) in [6.07, 6.45) is 12.8. The van der Waals surface area contributed by atoms with Gasteiger partial charge in [-0.15, -0.1) is 0 Å². The van der Waals surface area contributed by atoms with Crippen molar-refractivity contribution >= 4 is 0 Å². The molecule has 3 atom stereocenters. The number of fused-ring (bicyclic) bond motifs is 2. The summed E-state index contributed by atoms with van der Waals surface area (Å²) in [6, 6.07) is 3.36. The molecular formula is C17H32N2. The van der Waals surface area contributed by atoms with E-state index < -0.39 is 0 Å². The van der Waals surface area contributed by atoms with Gasteiger partial charge in [-0.3, -0.25) is 0 Å². The summed E-state index contributed by atoms with van der Waals surface area (Å²) in [7, 11) is 2.42. The number of hydrogen-bond donors (Lipinski definition) is 1. The molecular weight excluding hydrogens is 232 g/mol. The zero-order valence-electron chi connectivity index (χ0n) is 13.1. The van der Waals surface area contributed by atoms with E-state index in [-0.39, 0.29) is 0 Å². The third-order valence-corrected chi connectivity index (χ3v) is 6.15. The van der Waals surface area contributed by atoms with Gasteiger partial charge in [-0.25, -0.2) is 0 Å². The number of hydrogen-bond acceptors (Lipinski definition) is 2. The van der Waals surface area contributed by atoms with Crippen molar-refractivity contribution in [3.05, 3.63) is 0 Å². The van der Waals surface area contributed by atoms with Crippen molar-refractivity contribution in [1.82, 2.24) is 10.2 Å². The van der Waals surface area contributed by atoms with Crippen LogP contribution in [0.1, 0.15) is 71.6 Å². The number of nitrogens with zero attached hydrogens (tertiary/aromatic N) is 1. The first-order valence-corrected chi connectivity index (χ1v) is 8.51. The van der Waals surface area contributed by atoms with E-state index in [4.69, 9.17) is 0 Å². The van der Waals surface area contributed by atoms with E-state index in [1.165, 1.54) is 57.8 Å². The molecule has 1 N–H and O–H groups in total. The van der Waals surface area contributed by atoms with Gasteiger partial charge in [0.1, 0.15) is 0 Å². The van der Waals surface area contributed by atoms with Crippen molar-refractivity contribution < 1.29 is 0 Å². The van der Waals surface area contributed by atoms with E-state index in [0.717, 1.165) is 24.2 Å². The monoisotopic (exact) mass is 264 g/mol. The predicted molar refractivity (Wildman–Crippen MR) is 81.4 cm³/mol. The first-order valence-electron chi connectivity index (χ1n) is 8.51. The Morgan fingerprint density at radius 3 is 2.26 bits per heavy atom. The van der Waals surface area contributed by atoms with Crippen molar-refractivity contribution in [2.24, 2.45) is 5.41 Å². The third-order valence-electron chi connectivity index (χ3n) is 6.15. The fourth-order valence-corrected chi connectivity index (χ4v) is 4.71. The van der Waals surface area contributed by atoms with Crippen LogP contribution in [0.3, 0.4) is 0 Å². The molecule has 0 amide bonds. The molecule has 0 aromatic carbocycles. The van der Waals surface area contributed by atoms with Crippen LogP contribution < -0.4 is 5.32 Å². The van der Waals surface area contributed by atoms with Crippen molar-refractivity contribution in [2.75, 3.05) is 7.05 Å². The molecule has 0 aromatic rings. The van der Waals surface area contributed by atoms with Gasteiger partial charge in [0.05, 0.1) is 0 Å². The Labute approximate surface area is 119 Å². The Hall–Kier alpha value is -0.0800. The van der Waals surface area contributed by atoms with Gasteiger partial charge in [-0.05, 0) is 63.8 Å². The van der Waals surface area contributed by atoms with Crippen molar-refractivity contribution in [3.8, 4) is 0 Å². The molecule has 0 spiro atoms. The van der Waals surface area contributed by atoms with Gasteiger partial charge >= 0.3 is 0 Å². The summed E-state index contributed by atoms with van der Waals surface area (Å²) in [5.74, 6) is 0. The van der Waals surface area contributed by atoms with Crippen LogP contribution in [0.5, 0.6) is 0 Å². The van der Waals surface area contributed by atoms with Gasteiger partial charge in [0.25, 0.3) is 0 Å². The second-order valence-electron chi connectivity index (χ2n) is 8.18. The van der Waals surface area contributed by atoms with E-state index in [9.17, 15) is 0 Å². The highest BCUT2D eigenvalue weighted by molar-refractivity contribution is 4.96. The molecule has 3 fully saturated rings. The minimum absolute atomic E-state index is 0.586. The fourth-order valence-electron chi connectivity index (χ4n) is 4.71. The molecule has 19 heavy (non-hydrogen) atoms. The molecule has 1 aliphatic carbocycles. The van der Waals surface area contributed by atoms with Crippen LogP contribution in [0.4, 0.5) is 0 Å². The Morgan fingerprint density at radius 1 is 0.895 bits per heavy atom. The predicted octanol–water partition coefficient (Wildman–Crippen LogP) is 3.56. The SMILES string of the molecule is CN(C1CCCC(C)(C)CC1)C1CC2CCC(C1)N2. The van der Waals surface area contributed by atoms with Crippen molar-refractivity contribution in [1.29, 1.82) is 0 Å². The molecule has 3 aliphatic rings. The Bertz CT molecular complexity index is 300. The smallest absolute Gasteiger partial charge is 0.0125 e. The molecule has 0 aromatic heterocycles. The molecule has 2 bridgehead atoms. The van der Waals surface area contributed by atoms with E-state index in [1.54, 1.807) is 0 Å². The Kier molecular flexibility index (Phi) is 3.92. The summed E-state index contributed by atoms with van der Waals surface area (Å²) in [4.78, 5) is 2.77. The van der Waals surface area contributed by atoms with Crippen molar-refractivity contribution in [3.63, 3.8) is 0 Å². The second-order valence-corrected chi connectivity index (χ2v) is 8.18. The highest BCUT2D eigenvalue weighted by Crippen LogP contribution is 2.37. The topological polar surface area (TPSA) is 15.3 Å². The molecule has 3 unspecified atom stereocenters. The summed E-state index contributed by atoms with van der Waals surface area (Å²) in [6.45, 7) is 4.92. The average Bonchev–Trinajstić information content (AvgIpc) is 2.60. The van der Waals surface area contributed by atoms with Gasteiger partial charge in [0, 0.05) is 24.2 Å². The van der Waals surface area contributed by atoms with Gasteiger partial charge in [-0.2, -0.15) is 0 Å². The minimum atomic E-state index is 0.586. The van der Waals surface area contributed by atoms with Gasteiger partial charge in [0.15, 0.2) is 0 Å². The van der Waals surface area contributed by atoms with E-state index >= 15 is 0 Å². The van der Waals surface area contributed by atoms with E-state index in [1.807, 2.05) is 0 Å². The zero-order valence-corrected chi connectivity index (χ0v) is 13.1. The molecule has 110 valence electrons. The van der Waals surface area contributed by atoms with Crippen molar-refractivity contribution in [2.45, 2.75) is 95.8 Å². The normalized spacial score (nSPS) is 42.3. The Morgan fingerprint density at radius 2 is 1.58 bits per heavy atom. The van der Waals surface area contributed by atoms with E-state index in [2.05, 4.69) is 31.1 Å². The quantitative estimate of drug-likeness (QED) is 0.767. The zero-order chi connectivity index (χ0) is 13.5. The first-order chi connectivity index (χ1) is 9.03. The lowest BCUT2D eigenvalue weighted by molar-refractivity contribution is 0.112. The summed E-state index contributed by atoms with van der Waals surface area (Å²) < 4.78 is 0. The highest BCUT2D eigenvalue weighted by Gasteiger charge is 2.37. The molecule has 2 saturated heterocycles. The second kappa shape index (κ2) is 5.37. The average molecular weight is 264 g/mol. The molecule has 2 aliphatic heterocycles. The summed E-state index contributed by atoms with van der Waals surface area (Å²) in [5.41, 5.74) is 0.586. The largest absolute Gasteiger partial charge is 0.311 e. The van der Waals surface area contributed by atoms with Crippen LogP contribution in [-0.4, -0.2) is 36.1 Å². The molecule has 2 heterocycles. The summed E-state index contributed by atoms with van der Waals surface area (Å²) in [5, 5.41) is 3.78. The number of rotatable bonds is 2. The van der Waals surface area contributed by atoms with E-state index in [0.29, 0.717) is 5.41 Å². The standard InChI is InChI=1S/C17H32N2/c1-17(2)9-4-5-15(8-10-17)19(3)16-11-13-6-7-14(12-16)18-13/h13-16,18H,4-12H2,1-3H3. The van der Waals surface area contributed by atoms with Gasteiger partial charge in [-0.1, -0.05) is 20.3 Å². The maximum atomic E-state index is 3.78. The number of piperidine rings is 1. The fraction of sp³-hybridized carbons (Fsp3) is 1.00. The lowest BCUT2D eigenvalue weighted by atomic mass is 9.85. The molecule has 2 nitrogen and oxygen atoms in total. The van der Waals surface area contributed by atoms with Gasteiger partial charge < -0.3 is 10.2 Å². The maximum Gasteiger partial charge on any atom is 0.0125 e. The molecule has 0 radical (unpaired) electrons. The van der Waals surface area contributed by atoms with Crippen LogP contribution in [-0.2, 0) is 0 Å². The molecule has 3 rings (SSSR count). The van der Waals surface area contributed by atoms with Crippen LogP contribution in [0, 0.1) is 5.41 Å². The molecule has 2 heteroatoms. The lowest BCUT2D eigenvalue weighted by Crippen LogP contribution is -2.50. The minimum Gasteiger partial charge on any atom is -0.311 e. The Balaban J connectivity index is 1.59. The highest BCUT2D eigenvalue weighted by atomic mass is 15.2. The van der Waals surface area contributed by atoms with Crippen LogP contribution in [0.15, 0.2) is 0 Å².